The van der Waals surface area contributed by atoms with E-state index in [0.717, 1.165) is 26.3 Å². The Morgan fingerprint density at radius 3 is 2.22 bits per heavy atom. The Morgan fingerprint density at radius 1 is 0.951 bits per heavy atom. The lowest BCUT2D eigenvalue weighted by atomic mass is 10.0. The van der Waals surface area contributed by atoms with Crippen molar-refractivity contribution in [1.29, 1.82) is 0 Å². The van der Waals surface area contributed by atoms with Crippen LogP contribution >= 0.6 is 0 Å². The van der Waals surface area contributed by atoms with Gasteiger partial charge in [0, 0.05) is 33.6 Å². The number of benzene rings is 3. The second-order valence-corrected chi connectivity index (χ2v) is 11.7. The van der Waals surface area contributed by atoms with Gasteiger partial charge in [-0.2, -0.15) is 12.7 Å². The van der Waals surface area contributed by atoms with Gasteiger partial charge in [-0.25, -0.2) is 8.70 Å². The van der Waals surface area contributed by atoms with Crippen LogP contribution in [0.4, 0.5) is 10.1 Å². The summed E-state index contributed by atoms with van der Waals surface area (Å²) in [4.78, 5) is 29.1. The zero-order valence-corrected chi connectivity index (χ0v) is 24.6. The number of hydrogen-bond acceptors (Lipinski definition) is 5. The van der Waals surface area contributed by atoms with Crippen molar-refractivity contribution in [3.63, 3.8) is 0 Å². The van der Waals surface area contributed by atoms with E-state index in [4.69, 9.17) is 4.74 Å². The Morgan fingerprint density at radius 2 is 1.61 bits per heavy atom. The molecule has 220 valence electrons. The molecule has 1 N–H and O–H groups in total. The molecule has 1 unspecified atom stereocenters. The molecular weight excluding hydrogens is 547 g/mol. The monoisotopic (exact) mass is 584 g/mol. The zero-order chi connectivity index (χ0) is 30.0. The molecule has 0 aliphatic rings. The second kappa shape index (κ2) is 14.6. The van der Waals surface area contributed by atoms with Crippen LogP contribution in [0, 0.1) is 5.82 Å². The van der Waals surface area contributed by atoms with Gasteiger partial charge < -0.3 is 15.0 Å². The van der Waals surface area contributed by atoms with Crippen molar-refractivity contribution in [3.8, 4) is 5.75 Å². The standard InChI is InChI=1S/C30H37FN4O5S/c1-5-18-32-30(37)28(20-23-10-7-6-8-11-23)34(21-24-12-9-13-27(19-24)40-4)29(36)22-35(41(38,39)33(2)3)26-16-14-25(31)15-17-26/h6-17,19,28H,5,18,20-22H2,1-4H3,(H,32,37). The van der Waals surface area contributed by atoms with Crippen molar-refractivity contribution in [3.05, 3.63) is 95.8 Å². The molecular formula is C30H37FN4O5S. The molecule has 0 aromatic heterocycles. The lowest BCUT2D eigenvalue weighted by molar-refractivity contribution is -0.140. The van der Waals surface area contributed by atoms with Crippen LogP contribution in [-0.2, 0) is 32.8 Å². The normalized spacial score (nSPS) is 12.0. The van der Waals surface area contributed by atoms with Crippen LogP contribution in [-0.4, -0.2) is 69.8 Å². The van der Waals surface area contributed by atoms with Crippen molar-refractivity contribution < 1.29 is 27.1 Å². The van der Waals surface area contributed by atoms with Crippen molar-refractivity contribution in [2.45, 2.75) is 32.4 Å². The SMILES string of the molecule is CCCNC(=O)C(Cc1ccccc1)N(Cc1cccc(OC)c1)C(=O)CN(c1ccc(F)cc1)S(=O)(=O)N(C)C. The summed E-state index contributed by atoms with van der Waals surface area (Å²) in [6.07, 6.45) is 0.913. The van der Waals surface area contributed by atoms with Gasteiger partial charge in [-0.15, -0.1) is 0 Å². The minimum absolute atomic E-state index is 0.0202. The van der Waals surface area contributed by atoms with E-state index in [1.54, 1.807) is 24.3 Å². The number of nitrogens with one attached hydrogen (secondary N) is 1. The van der Waals surface area contributed by atoms with Gasteiger partial charge in [0.05, 0.1) is 12.8 Å². The Kier molecular flexibility index (Phi) is 11.2. The third-order valence-corrected chi connectivity index (χ3v) is 8.26. The van der Waals surface area contributed by atoms with Crippen LogP contribution in [0.2, 0.25) is 0 Å². The average Bonchev–Trinajstić information content (AvgIpc) is 2.97. The maximum atomic E-state index is 14.1. The first-order valence-electron chi connectivity index (χ1n) is 13.3. The quantitative estimate of drug-likeness (QED) is 0.312. The summed E-state index contributed by atoms with van der Waals surface area (Å²) >= 11 is 0. The van der Waals surface area contributed by atoms with E-state index >= 15 is 0 Å². The van der Waals surface area contributed by atoms with Crippen molar-refractivity contribution in [2.24, 2.45) is 0 Å². The molecule has 0 saturated carbocycles. The first-order chi connectivity index (χ1) is 19.6. The van der Waals surface area contributed by atoms with Crippen molar-refractivity contribution in [1.82, 2.24) is 14.5 Å². The molecule has 0 aliphatic heterocycles. The number of methoxy groups -OCH3 is 1. The third kappa shape index (κ3) is 8.51. The highest BCUT2D eigenvalue weighted by Gasteiger charge is 2.34. The summed E-state index contributed by atoms with van der Waals surface area (Å²) in [5.74, 6) is -0.920. The molecule has 1 atom stereocenters. The summed E-state index contributed by atoms with van der Waals surface area (Å²) in [6, 6.07) is 20.3. The van der Waals surface area contributed by atoms with E-state index in [0.29, 0.717) is 24.3 Å². The summed E-state index contributed by atoms with van der Waals surface area (Å²) < 4.78 is 47.6. The number of carbonyl (C=O) groups is 2. The van der Waals surface area contributed by atoms with E-state index < -0.39 is 34.5 Å². The van der Waals surface area contributed by atoms with Crippen molar-refractivity contribution in [2.75, 3.05) is 38.6 Å². The van der Waals surface area contributed by atoms with Crippen LogP contribution in [0.3, 0.4) is 0 Å². The highest BCUT2D eigenvalue weighted by Crippen LogP contribution is 2.23. The molecule has 2 amide bonds. The summed E-state index contributed by atoms with van der Waals surface area (Å²) in [5, 5.41) is 2.90. The topological polar surface area (TPSA) is 99.3 Å². The predicted molar refractivity (Wildman–Crippen MR) is 157 cm³/mol. The molecule has 9 nitrogen and oxygen atoms in total. The molecule has 0 bridgehead atoms. The summed E-state index contributed by atoms with van der Waals surface area (Å²) in [5.41, 5.74) is 1.65. The highest BCUT2D eigenvalue weighted by molar-refractivity contribution is 7.90. The third-order valence-electron chi connectivity index (χ3n) is 6.44. The number of rotatable bonds is 14. The Labute approximate surface area is 241 Å². The number of hydrogen-bond donors (Lipinski definition) is 1. The van der Waals surface area contributed by atoms with Gasteiger partial charge in [-0.3, -0.25) is 9.59 Å². The molecule has 0 fully saturated rings. The molecule has 0 heterocycles. The number of amides is 2. The molecule has 3 aromatic rings. The zero-order valence-electron chi connectivity index (χ0n) is 23.8. The molecule has 0 saturated heterocycles. The average molecular weight is 585 g/mol. The van der Waals surface area contributed by atoms with E-state index in [9.17, 15) is 22.4 Å². The molecule has 41 heavy (non-hydrogen) atoms. The first kappa shape index (κ1) is 31.6. The molecule has 0 radical (unpaired) electrons. The fourth-order valence-corrected chi connectivity index (χ4v) is 5.27. The number of ether oxygens (including phenoxy) is 1. The highest BCUT2D eigenvalue weighted by atomic mass is 32.2. The maximum absolute atomic E-state index is 14.1. The number of carbonyl (C=O) groups excluding carboxylic acids is 2. The first-order valence-corrected chi connectivity index (χ1v) is 14.7. The van der Waals surface area contributed by atoms with Gasteiger partial charge in [0.2, 0.25) is 11.8 Å². The lowest BCUT2D eigenvalue weighted by Crippen LogP contribution is -2.54. The fraction of sp³-hybridized carbons (Fsp3) is 0.333. The molecule has 0 spiro atoms. The predicted octanol–water partition coefficient (Wildman–Crippen LogP) is 3.61. The lowest BCUT2D eigenvalue weighted by Gasteiger charge is -2.34. The van der Waals surface area contributed by atoms with Crippen molar-refractivity contribution >= 4 is 27.7 Å². The fourth-order valence-electron chi connectivity index (χ4n) is 4.21. The van der Waals surface area contributed by atoms with Gasteiger partial charge >= 0.3 is 10.2 Å². The van der Waals surface area contributed by atoms with E-state index in [-0.39, 0.29) is 24.6 Å². The van der Waals surface area contributed by atoms with Gasteiger partial charge in [-0.1, -0.05) is 49.4 Å². The molecule has 0 aliphatic carbocycles. The second-order valence-electron chi connectivity index (χ2n) is 9.64. The van der Waals surface area contributed by atoms with Gasteiger partial charge in [0.25, 0.3) is 0 Å². The Balaban J connectivity index is 2.09. The van der Waals surface area contributed by atoms with Gasteiger partial charge in [0.15, 0.2) is 0 Å². The summed E-state index contributed by atoms with van der Waals surface area (Å²) in [6.45, 7) is 1.76. The maximum Gasteiger partial charge on any atom is 0.304 e. The van der Waals surface area contributed by atoms with Gasteiger partial charge in [0.1, 0.15) is 24.2 Å². The molecule has 3 rings (SSSR count). The number of halogens is 1. The van der Waals surface area contributed by atoms with Crippen LogP contribution in [0.25, 0.3) is 0 Å². The summed E-state index contributed by atoms with van der Waals surface area (Å²) in [7, 11) is 0.0689. The largest absolute Gasteiger partial charge is 0.497 e. The number of anilines is 1. The molecule has 11 heteroatoms. The Hall–Kier alpha value is -3.96. The minimum Gasteiger partial charge on any atom is -0.497 e. The van der Waals surface area contributed by atoms with Crippen LogP contribution < -0.4 is 14.4 Å². The van der Waals surface area contributed by atoms with Crippen LogP contribution in [0.1, 0.15) is 24.5 Å². The van der Waals surface area contributed by atoms with Gasteiger partial charge in [-0.05, 0) is 53.9 Å². The van der Waals surface area contributed by atoms with E-state index in [1.807, 2.05) is 37.3 Å². The van der Waals surface area contributed by atoms with E-state index in [2.05, 4.69) is 5.32 Å². The smallest absolute Gasteiger partial charge is 0.304 e. The van der Waals surface area contributed by atoms with E-state index in [1.165, 1.54) is 38.2 Å². The Bertz CT molecular complexity index is 1400. The molecule has 3 aromatic carbocycles. The van der Waals surface area contributed by atoms with Crippen LogP contribution in [0.5, 0.6) is 5.75 Å². The number of nitrogens with zero attached hydrogens (tertiary/aromatic N) is 3. The van der Waals surface area contributed by atoms with Crippen LogP contribution in [0.15, 0.2) is 78.9 Å². The minimum atomic E-state index is -4.16.